The Morgan fingerprint density at radius 2 is 1.95 bits per heavy atom. The number of hydrogen-bond acceptors (Lipinski definition) is 3. The molecule has 0 bridgehead atoms. The predicted octanol–water partition coefficient (Wildman–Crippen LogP) is 2.36. The molecule has 1 heterocycles. The minimum atomic E-state index is -0.644. The Hall–Kier alpha value is -2.69. The van der Waals surface area contributed by atoms with Crippen molar-refractivity contribution >= 4 is 17.4 Å². The molecule has 1 amide bonds. The Bertz CT molecular complexity index is 691. The Labute approximate surface area is 120 Å². The van der Waals surface area contributed by atoms with E-state index in [-0.39, 0.29) is 17.2 Å². The highest BCUT2D eigenvalue weighted by molar-refractivity contribution is 6.08. The fourth-order valence-electron chi connectivity index (χ4n) is 2.23. The zero-order chi connectivity index (χ0) is 14.8. The Morgan fingerprint density at radius 1 is 1.19 bits per heavy atom. The summed E-state index contributed by atoms with van der Waals surface area (Å²) in [5, 5.41) is 2.39. The van der Waals surface area contributed by atoms with E-state index in [2.05, 4.69) is 5.32 Å². The minimum absolute atomic E-state index is 0.0423. The molecule has 0 aromatic heterocycles. The van der Waals surface area contributed by atoms with E-state index in [1.165, 1.54) is 18.2 Å². The molecule has 2 atom stereocenters. The molecule has 1 aromatic rings. The largest absolute Gasteiger partial charge is 0.479 e. The average molecular weight is 285 g/mol. The van der Waals surface area contributed by atoms with E-state index in [0.717, 1.165) is 6.08 Å². The van der Waals surface area contributed by atoms with Crippen LogP contribution in [0.25, 0.3) is 0 Å². The van der Waals surface area contributed by atoms with E-state index in [4.69, 9.17) is 4.74 Å². The first kappa shape index (κ1) is 13.3. The lowest BCUT2D eigenvalue weighted by Crippen LogP contribution is -2.35. The summed E-state index contributed by atoms with van der Waals surface area (Å²) in [7, 11) is 0. The standard InChI is InChI=1S/C16H12FNO3/c17-11-6-2-3-7-12(11)18-16(20)15-9-13(19)10-5-1-4-8-14(10)21-15/h1-10,14H,(H,18,20)/t10-,14+/m0/s1. The van der Waals surface area contributed by atoms with E-state index in [1.807, 2.05) is 0 Å². The van der Waals surface area contributed by atoms with Gasteiger partial charge >= 0.3 is 0 Å². The lowest BCUT2D eigenvalue weighted by molar-refractivity contribution is -0.125. The Morgan fingerprint density at radius 3 is 2.76 bits per heavy atom. The number of carbonyl (C=O) groups is 2. The molecular weight excluding hydrogens is 273 g/mol. The van der Waals surface area contributed by atoms with Crippen molar-refractivity contribution in [1.29, 1.82) is 0 Å². The highest BCUT2D eigenvalue weighted by Crippen LogP contribution is 2.26. The van der Waals surface area contributed by atoms with Crippen LogP contribution in [0.15, 0.2) is 60.4 Å². The molecule has 0 spiro atoms. The summed E-state index contributed by atoms with van der Waals surface area (Å²) in [5.41, 5.74) is 0.0423. The van der Waals surface area contributed by atoms with Gasteiger partial charge in [0, 0.05) is 6.08 Å². The van der Waals surface area contributed by atoms with Crippen molar-refractivity contribution in [2.75, 3.05) is 5.32 Å². The van der Waals surface area contributed by atoms with Gasteiger partial charge in [-0.3, -0.25) is 9.59 Å². The third kappa shape index (κ3) is 2.63. The molecule has 0 saturated heterocycles. The number of amides is 1. The molecule has 4 nitrogen and oxygen atoms in total. The molecular formula is C16H12FNO3. The van der Waals surface area contributed by atoms with Gasteiger partial charge in [0.1, 0.15) is 11.9 Å². The second-order valence-corrected chi connectivity index (χ2v) is 4.72. The van der Waals surface area contributed by atoms with Crippen LogP contribution in [-0.2, 0) is 14.3 Å². The van der Waals surface area contributed by atoms with Crippen molar-refractivity contribution in [3.8, 4) is 0 Å². The smallest absolute Gasteiger partial charge is 0.290 e. The number of halogens is 1. The lowest BCUT2D eigenvalue weighted by atomic mass is 9.91. The van der Waals surface area contributed by atoms with Gasteiger partial charge in [-0.1, -0.05) is 30.4 Å². The first-order chi connectivity index (χ1) is 10.1. The number of fused-ring (bicyclic) bond motifs is 1. The average Bonchev–Trinajstić information content (AvgIpc) is 2.49. The van der Waals surface area contributed by atoms with Crippen molar-refractivity contribution < 1.29 is 18.7 Å². The summed E-state index contributed by atoms with van der Waals surface area (Å²) >= 11 is 0. The predicted molar refractivity (Wildman–Crippen MR) is 74.8 cm³/mol. The second-order valence-electron chi connectivity index (χ2n) is 4.72. The number of nitrogens with one attached hydrogen (secondary N) is 1. The topological polar surface area (TPSA) is 55.4 Å². The summed E-state index contributed by atoms with van der Waals surface area (Å²) < 4.78 is 19.0. The molecule has 3 rings (SSSR count). The SMILES string of the molecule is O=C(Nc1ccccc1F)C1=CC(=O)[C@@H]2C=CC=C[C@H]2O1. The molecule has 0 saturated carbocycles. The molecule has 1 N–H and O–H groups in total. The van der Waals surface area contributed by atoms with Gasteiger partial charge in [0.25, 0.3) is 5.91 Å². The van der Waals surface area contributed by atoms with E-state index >= 15 is 0 Å². The Kier molecular flexibility index (Phi) is 3.39. The van der Waals surface area contributed by atoms with Crippen molar-refractivity contribution in [2.45, 2.75) is 6.10 Å². The summed E-state index contributed by atoms with van der Waals surface area (Å²) in [6.45, 7) is 0. The van der Waals surface area contributed by atoms with Crippen LogP contribution in [0.5, 0.6) is 0 Å². The van der Waals surface area contributed by atoms with Crippen LogP contribution in [0.4, 0.5) is 10.1 Å². The van der Waals surface area contributed by atoms with E-state index in [0.29, 0.717) is 0 Å². The van der Waals surface area contributed by atoms with Crippen LogP contribution in [0.3, 0.4) is 0 Å². The van der Waals surface area contributed by atoms with Crippen LogP contribution in [0.2, 0.25) is 0 Å². The quantitative estimate of drug-likeness (QED) is 0.907. The van der Waals surface area contributed by atoms with E-state index in [9.17, 15) is 14.0 Å². The summed E-state index contributed by atoms with van der Waals surface area (Å²) in [5.74, 6) is -1.91. The van der Waals surface area contributed by atoms with Crippen molar-refractivity contribution in [3.63, 3.8) is 0 Å². The van der Waals surface area contributed by atoms with Gasteiger partial charge in [-0.25, -0.2) is 4.39 Å². The first-order valence-electron chi connectivity index (χ1n) is 6.48. The van der Waals surface area contributed by atoms with Crippen LogP contribution in [0.1, 0.15) is 0 Å². The third-order valence-corrected chi connectivity index (χ3v) is 3.30. The number of hydrogen-bond donors (Lipinski definition) is 1. The summed E-state index contributed by atoms with van der Waals surface area (Å²) in [6.07, 6.45) is 7.63. The van der Waals surface area contributed by atoms with Gasteiger partial charge in [0.05, 0.1) is 11.6 Å². The van der Waals surface area contributed by atoms with Crippen LogP contribution >= 0.6 is 0 Å². The molecule has 21 heavy (non-hydrogen) atoms. The van der Waals surface area contributed by atoms with Crippen molar-refractivity contribution in [3.05, 3.63) is 66.2 Å². The van der Waals surface area contributed by atoms with Gasteiger partial charge in [-0.05, 0) is 18.2 Å². The van der Waals surface area contributed by atoms with Gasteiger partial charge in [-0.2, -0.15) is 0 Å². The maximum absolute atomic E-state index is 13.5. The van der Waals surface area contributed by atoms with E-state index in [1.54, 1.807) is 30.4 Å². The fraction of sp³-hybridized carbons (Fsp3) is 0.125. The summed E-state index contributed by atoms with van der Waals surface area (Å²) in [6, 6.07) is 5.80. The normalized spacial score (nSPS) is 23.1. The van der Waals surface area contributed by atoms with Crippen LogP contribution in [0, 0.1) is 11.7 Å². The van der Waals surface area contributed by atoms with Crippen LogP contribution in [-0.4, -0.2) is 17.8 Å². The number of rotatable bonds is 2. The molecule has 1 aliphatic carbocycles. The van der Waals surface area contributed by atoms with E-state index < -0.39 is 23.7 Å². The van der Waals surface area contributed by atoms with Gasteiger partial charge in [-0.15, -0.1) is 0 Å². The van der Waals surface area contributed by atoms with Crippen LogP contribution < -0.4 is 5.32 Å². The maximum atomic E-state index is 13.5. The number of benzene rings is 1. The number of allylic oxidation sites excluding steroid dienone is 3. The minimum Gasteiger partial charge on any atom is -0.479 e. The molecule has 1 aliphatic heterocycles. The van der Waals surface area contributed by atoms with Gasteiger partial charge in [0.2, 0.25) is 0 Å². The van der Waals surface area contributed by atoms with Gasteiger partial charge in [0.15, 0.2) is 11.5 Å². The lowest BCUT2D eigenvalue weighted by Gasteiger charge is -2.28. The molecule has 0 unspecified atom stereocenters. The number of carbonyl (C=O) groups excluding carboxylic acids is 2. The highest BCUT2D eigenvalue weighted by Gasteiger charge is 2.33. The monoisotopic (exact) mass is 285 g/mol. The molecule has 5 heteroatoms. The molecule has 106 valence electrons. The second kappa shape index (κ2) is 5.36. The zero-order valence-corrected chi connectivity index (χ0v) is 11.0. The number of para-hydroxylation sites is 1. The number of anilines is 1. The number of ketones is 1. The first-order valence-corrected chi connectivity index (χ1v) is 6.48. The fourth-order valence-corrected chi connectivity index (χ4v) is 2.23. The Balaban J connectivity index is 1.79. The highest BCUT2D eigenvalue weighted by atomic mass is 19.1. The molecule has 0 fully saturated rings. The summed E-state index contributed by atoms with van der Waals surface area (Å²) in [4.78, 5) is 24.0. The molecule has 1 aromatic carbocycles. The van der Waals surface area contributed by atoms with Crippen molar-refractivity contribution in [2.24, 2.45) is 5.92 Å². The molecule has 2 aliphatic rings. The third-order valence-electron chi connectivity index (χ3n) is 3.30. The molecule has 0 radical (unpaired) electrons. The van der Waals surface area contributed by atoms with Gasteiger partial charge < -0.3 is 10.1 Å². The zero-order valence-electron chi connectivity index (χ0n) is 11.0. The maximum Gasteiger partial charge on any atom is 0.290 e. The number of ether oxygens (including phenoxy) is 1. The van der Waals surface area contributed by atoms with Crippen molar-refractivity contribution in [1.82, 2.24) is 0 Å².